The molecule has 1 unspecified atom stereocenters. The van der Waals surface area contributed by atoms with E-state index in [0.29, 0.717) is 18.5 Å². The SMILES string of the molecule is Cc1nn(C)c2ncc(C(=O)NCCC(O)C(C)C)cc12. The largest absolute Gasteiger partial charge is 0.393 e. The molecule has 0 aliphatic rings. The summed E-state index contributed by atoms with van der Waals surface area (Å²) in [5.74, 6) is 0.0153. The minimum Gasteiger partial charge on any atom is -0.393 e. The molecule has 1 amide bonds. The number of carbonyl (C=O) groups is 1. The zero-order chi connectivity index (χ0) is 15.6. The molecule has 2 rings (SSSR count). The van der Waals surface area contributed by atoms with Crippen molar-refractivity contribution in [3.05, 3.63) is 23.5 Å². The second kappa shape index (κ2) is 6.22. The first-order chi connectivity index (χ1) is 9.90. The van der Waals surface area contributed by atoms with Gasteiger partial charge in [-0.1, -0.05) is 13.8 Å². The third-order valence-corrected chi connectivity index (χ3v) is 3.62. The van der Waals surface area contributed by atoms with E-state index < -0.39 is 6.10 Å². The van der Waals surface area contributed by atoms with E-state index in [1.807, 2.05) is 27.8 Å². The predicted octanol–water partition coefficient (Wildman–Crippen LogP) is 1.41. The van der Waals surface area contributed by atoms with Crippen molar-refractivity contribution in [2.24, 2.45) is 13.0 Å². The van der Waals surface area contributed by atoms with Crippen molar-refractivity contribution in [3.8, 4) is 0 Å². The standard InChI is InChI=1S/C15H22N4O2/c1-9(2)13(20)5-6-16-15(21)11-7-12-10(3)18-19(4)14(12)17-8-11/h7-9,13,20H,5-6H2,1-4H3,(H,16,21). The van der Waals surface area contributed by atoms with Crippen LogP contribution in [0.5, 0.6) is 0 Å². The third-order valence-electron chi connectivity index (χ3n) is 3.62. The van der Waals surface area contributed by atoms with Crippen LogP contribution < -0.4 is 5.32 Å². The van der Waals surface area contributed by atoms with Crippen LogP contribution in [0.1, 0.15) is 36.3 Å². The molecule has 2 aromatic rings. The lowest BCUT2D eigenvalue weighted by molar-refractivity contribution is 0.0920. The zero-order valence-electron chi connectivity index (χ0n) is 12.9. The Morgan fingerprint density at radius 3 is 2.86 bits per heavy atom. The first-order valence-electron chi connectivity index (χ1n) is 7.15. The van der Waals surface area contributed by atoms with Gasteiger partial charge >= 0.3 is 0 Å². The summed E-state index contributed by atoms with van der Waals surface area (Å²) in [6, 6.07) is 1.80. The maximum Gasteiger partial charge on any atom is 0.252 e. The summed E-state index contributed by atoms with van der Waals surface area (Å²) in [5, 5.41) is 17.7. The second-order valence-electron chi connectivity index (χ2n) is 5.66. The Hall–Kier alpha value is -1.95. The van der Waals surface area contributed by atoms with Crippen molar-refractivity contribution in [2.45, 2.75) is 33.3 Å². The van der Waals surface area contributed by atoms with E-state index in [1.54, 1.807) is 16.9 Å². The maximum atomic E-state index is 12.1. The van der Waals surface area contributed by atoms with Crippen molar-refractivity contribution >= 4 is 16.9 Å². The Kier molecular flexibility index (Phi) is 4.57. The van der Waals surface area contributed by atoms with E-state index in [2.05, 4.69) is 15.4 Å². The molecule has 2 aromatic heterocycles. The van der Waals surface area contributed by atoms with E-state index in [1.165, 1.54) is 0 Å². The van der Waals surface area contributed by atoms with Crippen LogP contribution in [-0.4, -0.2) is 38.4 Å². The molecule has 0 aliphatic heterocycles. The van der Waals surface area contributed by atoms with Crippen LogP contribution in [0.3, 0.4) is 0 Å². The molecule has 0 fully saturated rings. The fourth-order valence-electron chi connectivity index (χ4n) is 2.20. The van der Waals surface area contributed by atoms with Gasteiger partial charge in [0, 0.05) is 25.2 Å². The molecule has 114 valence electrons. The minimum absolute atomic E-state index is 0.177. The molecule has 0 saturated heterocycles. The van der Waals surface area contributed by atoms with Crippen molar-refractivity contribution in [1.29, 1.82) is 0 Å². The summed E-state index contributed by atoms with van der Waals surface area (Å²) >= 11 is 0. The van der Waals surface area contributed by atoms with Crippen LogP contribution in [0.15, 0.2) is 12.3 Å². The number of rotatable bonds is 5. The van der Waals surface area contributed by atoms with Gasteiger partial charge in [0.05, 0.1) is 17.4 Å². The number of amides is 1. The summed E-state index contributed by atoms with van der Waals surface area (Å²) in [5.41, 5.74) is 2.13. The average Bonchev–Trinajstić information content (AvgIpc) is 2.73. The number of hydrogen-bond donors (Lipinski definition) is 2. The molecule has 21 heavy (non-hydrogen) atoms. The molecule has 2 heterocycles. The van der Waals surface area contributed by atoms with Crippen molar-refractivity contribution in [2.75, 3.05) is 6.54 Å². The number of aliphatic hydroxyl groups excluding tert-OH is 1. The highest BCUT2D eigenvalue weighted by Crippen LogP contribution is 2.16. The van der Waals surface area contributed by atoms with E-state index in [9.17, 15) is 9.90 Å². The molecule has 1 atom stereocenters. The van der Waals surface area contributed by atoms with Crippen molar-refractivity contribution in [3.63, 3.8) is 0 Å². The van der Waals surface area contributed by atoms with E-state index in [4.69, 9.17) is 0 Å². The topological polar surface area (TPSA) is 80.0 Å². The molecule has 0 spiro atoms. The Balaban J connectivity index is 2.04. The second-order valence-corrected chi connectivity index (χ2v) is 5.66. The monoisotopic (exact) mass is 290 g/mol. The summed E-state index contributed by atoms with van der Waals surface area (Å²) in [6.07, 6.45) is 1.70. The summed E-state index contributed by atoms with van der Waals surface area (Å²) in [7, 11) is 1.83. The lowest BCUT2D eigenvalue weighted by Gasteiger charge is -2.14. The highest BCUT2D eigenvalue weighted by atomic mass is 16.3. The van der Waals surface area contributed by atoms with Crippen LogP contribution in [0.25, 0.3) is 11.0 Å². The van der Waals surface area contributed by atoms with E-state index in [0.717, 1.165) is 16.7 Å². The lowest BCUT2D eigenvalue weighted by Crippen LogP contribution is -2.28. The normalized spacial score (nSPS) is 12.9. The van der Waals surface area contributed by atoms with Gasteiger partial charge in [-0.05, 0) is 25.3 Å². The number of aliphatic hydroxyl groups is 1. The van der Waals surface area contributed by atoms with Gasteiger partial charge in [0.25, 0.3) is 5.91 Å². The Morgan fingerprint density at radius 2 is 2.19 bits per heavy atom. The Bertz CT molecular complexity index is 648. The van der Waals surface area contributed by atoms with Crippen LogP contribution in [0.2, 0.25) is 0 Å². The first-order valence-corrected chi connectivity index (χ1v) is 7.15. The molecule has 0 bridgehead atoms. The number of hydrogen-bond acceptors (Lipinski definition) is 4. The quantitative estimate of drug-likeness (QED) is 0.872. The highest BCUT2D eigenvalue weighted by Gasteiger charge is 2.13. The Morgan fingerprint density at radius 1 is 1.48 bits per heavy atom. The summed E-state index contributed by atoms with van der Waals surface area (Å²) in [6.45, 7) is 6.25. The van der Waals surface area contributed by atoms with Crippen molar-refractivity contribution < 1.29 is 9.90 Å². The molecular formula is C15H22N4O2. The van der Waals surface area contributed by atoms with Crippen LogP contribution in [0, 0.1) is 12.8 Å². The fourth-order valence-corrected chi connectivity index (χ4v) is 2.20. The maximum absolute atomic E-state index is 12.1. The Labute approximate surface area is 124 Å². The molecule has 6 nitrogen and oxygen atoms in total. The fraction of sp³-hybridized carbons (Fsp3) is 0.533. The van der Waals surface area contributed by atoms with Gasteiger partial charge in [-0.25, -0.2) is 4.98 Å². The number of aryl methyl sites for hydroxylation is 2. The van der Waals surface area contributed by atoms with Gasteiger partial charge in [0.2, 0.25) is 0 Å². The number of nitrogens with zero attached hydrogens (tertiary/aromatic N) is 3. The van der Waals surface area contributed by atoms with Crippen molar-refractivity contribution in [1.82, 2.24) is 20.1 Å². The van der Waals surface area contributed by atoms with Crippen LogP contribution in [0.4, 0.5) is 0 Å². The molecule has 0 aromatic carbocycles. The molecule has 0 saturated carbocycles. The highest BCUT2D eigenvalue weighted by molar-refractivity contribution is 5.97. The van der Waals surface area contributed by atoms with E-state index >= 15 is 0 Å². The third kappa shape index (κ3) is 3.39. The lowest BCUT2D eigenvalue weighted by atomic mass is 10.0. The smallest absolute Gasteiger partial charge is 0.252 e. The summed E-state index contributed by atoms with van der Waals surface area (Å²) in [4.78, 5) is 16.4. The van der Waals surface area contributed by atoms with Gasteiger partial charge in [0.1, 0.15) is 0 Å². The number of pyridine rings is 1. The molecule has 6 heteroatoms. The van der Waals surface area contributed by atoms with Gasteiger partial charge in [-0.15, -0.1) is 0 Å². The first kappa shape index (κ1) is 15.4. The van der Waals surface area contributed by atoms with E-state index in [-0.39, 0.29) is 11.8 Å². The number of carbonyl (C=O) groups excluding carboxylic acids is 1. The average molecular weight is 290 g/mol. The van der Waals surface area contributed by atoms with Crippen LogP contribution in [-0.2, 0) is 7.05 Å². The zero-order valence-corrected chi connectivity index (χ0v) is 12.9. The molecule has 0 radical (unpaired) electrons. The number of aromatic nitrogens is 3. The molecular weight excluding hydrogens is 268 g/mol. The van der Waals surface area contributed by atoms with Gasteiger partial charge in [-0.2, -0.15) is 5.10 Å². The van der Waals surface area contributed by atoms with Gasteiger partial charge < -0.3 is 10.4 Å². The predicted molar refractivity (Wildman–Crippen MR) is 81.0 cm³/mol. The van der Waals surface area contributed by atoms with Crippen LogP contribution >= 0.6 is 0 Å². The molecule has 2 N–H and O–H groups in total. The number of nitrogens with one attached hydrogen (secondary N) is 1. The van der Waals surface area contributed by atoms with Gasteiger partial charge in [0.15, 0.2) is 5.65 Å². The summed E-state index contributed by atoms with van der Waals surface area (Å²) < 4.78 is 1.70. The number of fused-ring (bicyclic) bond motifs is 1. The molecule has 0 aliphatic carbocycles. The minimum atomic E-state index is -0.397. The van der Waals surface area contributed by atoms with Gasteiger partial charge in [-0.3, -0.25) is 9.48 Å².